The van der Waals surface area contributed by atoms with Gasteiger partial charge in [-0.3, -0.25) is 0 Å². The summed E-state index contributed by atoms with van der Waals surface area (Å²) < 4.78 is 6.03. The van der Waals surface area contributed by atoms with Crippen LogP contribution in [0, 0.1) is 18.4 Å². The Morgan fingerprint density at radius 1 is 1.28 bits per heavy atom. The Morgan fingerprint density at radius 2 is 2.03 bits per heavy atom. The van der Waals surface area contributed by atoms with E-state index in [1.165, 1.54) is 7.05 Å². The van der Waals surface area contributed by atoms with E-state index in [1.807, 2.05) is 43.3 Å². The maximum Gasteiger partial charge on any atom is 0.343 e. The van der Waals surface area contributed by atoms with Gasteiger partial charge in [-0.25, -0.2) is 4.79 Å². The molecule has 0 saturated heterocycles. The second kappa shape index (κ2) is 9.18. The van der Waals surface area contributed by atoms with Gasteiger partial charge < -0.3 is 14.9 Å². The van der Waals surface area contributed by atoms with Crippen molar-refractivity contribution in [2.45, 2.75) is 26.4 Å². The van der Waals surface area contributed by atoms with Crippen LogP contribution in [0.3, 0.4) is 0 Å². The number of aryl methyl sites for hydroxylation is 1. The first-order chi connectivity index (χ1) is 14.0. The van der Waals surface area contributed by atoms with Crippen molar-refractivity contribution in [1.82, 2.24) is 5.01 Å². The van der Waals surface area contributed by atoms with Crippen LogP contribution in [0.15, 0.2) is 52.8 Å². The molecular weight excluding hydrogens is 370 g/mol. The normalized spacial score (nSPS) is 13.6. The number of nitrogens with zero attached hydrogens (tertiary/aromatic N) is 3. The number of amides is 2. The van der Waals surface area contributed by atoms with Crippen molar-refractivity contribution >= 4 is 17.4 Å². The minimum absolute atomic E-state index is 0.285. The van der Waals surface area contributed by atoms with Crippen LogP contribution in [-0.4, -0.2) is 30.9 Å². The smallest absolute Gasteiger partial charge is 0.343 e. The lowest BCUT2D eigenvalue weighted by Crippen LogP contribution is -2.27. The predicted molar refractivity (Wildman–Crippen MR) is 110 cm³/mol. The number of ether oxygens (including phenoxy) is 1. The first kappa shape index (κ1) is 20.3. The third-order valence-corrected chi connectivity index (χ3v) is 4.76. The molecule has 1 fully saturated rings. The SMILES string of the molecule is CO/N=C(\c1cccc(OCc2c(C)cccc2NC(=O)N(C)N=N)c1)C1CC1. The van der Waals surface area contributed by atoms with Crippen LogP contribution >= 0.6 is 0 Å². The van der Waals surface area contributed by atoms with Gasteiger partial charge in [0.15, 0.2) is 0 Å². The molecule has 0 atom stereocenters. The number of urea groups is 1. The van der Waals surface area contributed by atoms with Gasteiger partial charge in [-0.1, -0.05) is 34.6 Å². The van der Waals surface area contributed by atoms with E-state index in [0.717, 1.165) is 40.3 Å². The molecule has 1 aliphatic carbocycles. The second-order valence-corrected chi connectivity index (χ2v) is 6.90. The van der Waals surface area contributed by atoms with E-state index in [-0.39, 0.29) is 6.61 Å². The first-order valence-corrected chi connectivity index (χ1v) is 9.38. The number of rotatable bonds is 8. The fourth-order valence-electron chi connectivity index (χ4n) is 2.97. The second-order valence-electron chi connectivity index (χ2n) is 6.90. The molecule has 2 aromatic carbocycles. The Hall–Kier alpha value is -3.42. The van der Waals surface area contributed by atoms with Gasteiger partial charge in [-0.05, 0) is 43.5 Å². The number of benzene rings is 2. The van der Waals surface area contributed by atoms with E-state index in [1.54, 1.807) is 13.2 Å². The Morgan fingerprint density at radius 3 is 2.72 bits per heavy atom. The summed E-state index contributed by atoms with van der Waals surface area (Å²) >= 11 is 0. The van der Waals surface area contributed by atoms with Crippen molar-refractivity contribution in [3.05, 3.63) is 59.2 Å². The molecule has 1 saturated carbocycles. The van der Waals surface area contributed by atoms with E-state index < -0.39 is 6.03 Å². The number of nitrogens with one attached hydrogen (secondary N) is 2. The van der Waals surface area contributed by atoms with Gasteiger partial charge in [-0.2, -0.15) is 10.5 Å². The van der Waals surface area contributed by atoms with Crippen LogP contribution in [0.1, 0.15) is 29.5 Å². The molecular formula is C21H25N5O3. The summed E-state index contributed by atoms with van der Waals surface area (Å²) in [5.41, 5.74) is 11.4. The first-order valence-electron chi connectivity index (χ1n) is 9.38. The predicted octanol–water partition coefficient (Wildman–Crippen LogP) is 4.74. The number of carbonyl (C=O) groups excluding carboxylic acids is 1. The highest BCUT2D eigenvalue weighted by molar-refractivity contribution is 6.03. The molecule has 29 heavy (non-hydrogen) atoms. The molecule has 8 nitrogen and oxygen atoms in total. The van der Waals surface area contributed by atoms with Crippen LogP contribution in [0.2, 0.25) is 0 Å². The standard InChI is InChI=1S/C21H25N5O3/c1-14-6-4-9-19(23-21(27)26(2)25-22)18(14)13-29-17-8-5-7-16(12-17)20(24-28-3)15-10-11-15/h4-9,12,15,22H,10-11,13H2,1-3H3,(H,23,27)/b24-20-,25-22?. The minimum atomic E-state index is -0.487. The van der Waals surface area contributed by atoms with E-state index in [9.17, 15) is 4.79 Å². The average Bonchev–Trinajstić information content (AvgIpc) is 3.56. The van der Waals surface area contributed by atoms with E-state index in [0.29, 0.717) is 17.4 Å². The zero-order valence-electron chi connectivity index (χ0n) is 16.8. The summed E-state index contributed by atoms with van der Waals surface area (Å²) in [5.74, 6) is 1.16. The van der Waals surface area contributed by atoms with Gasteiger partial charge in [0, 0.05) is 29.8 Å². The number of hydrogen-bond acceptors (Lipinski definition) is 6. The number of oxime groups is 1. The van der Waals surface area contributed by atoms with E-state index in [4.69, 9.17) is 15.1 Å². The van der Waals surface area contributed by atoms with Crippen LogP contribution in [0.25, 0.3) is 0 Å². The van der Waals surface area contributed by atoms with Gasteiger partial charge in [-0.15, -0.1) is 0 Å². The molecule has 2 N–H and O–H groups in total. The minimum Gasteiger partial charge on any atom is -0.489 e. The lowest BCUT2D eigenvalue weighted by Gasteiger charge is -2.17. The Bertz CT molecular complexity index is 924. The lowest BCUT2D eigenvalue weighted by molar-refractivity contribution is 0.212. The van der Waals surface area contributed by atoms with Gasteiger partial charge in [0.25, 0.3) is 0 Å². The third kappa shape index (κ3) is 5.10. The Labute approximate surface area is 170 Å². The van der Waals surface area contributed by atoms with Crippen LogP contribution < -0.4 is 10.1 Å². The maximum atomic E-state index is 12.1. The van der Waals surface area contributed by atoms with Crippen LogP contribution in [0.5, 0.6) is 5.75 Å². The molecule has 3 rings (SSSR count). The van der Waals surface area contributed by atoms with Crippen molar-refractivity contribution in [2.75, 3.05) is 19.5 Å². The van der Waals surface area contributed by atoms with E-state index in [2.05, 4.69) is 15.7 Å². The molecule has 0 spiro atoms. The number of carbonyl (C=O) groups is 1. The molecule has 0 unspecified atom stereocenters. The van der Waals surface area contributed by atoms with Crippen LogP contribution in [-0.2, 0) is 11.4 Å². The molecule has 0 aliphatic heterocycles. The Kier molecular flexibility index (Phi) is 6.43. The fourth-order valence-corrected chi connectivity index (χ4v) is 2.97. The summed E-state index contributed by atoms with van der Waals surface area (Å²) in [6.07, 6.45) is 2.25. The zero-order valence-corrected chi connectivity index (χ0v) is 16.8. The number of hydrogen-bond donors (Lipinski definition) is 2. The van der Waals surface area contributed by atoms with E-state index >= 15 is 0 Å². The molecule has 0 bridgehead atoms. The summed E-state index contributed by atoms with van der Waals surface area (Å²) in [6, 6.07) is 12.9. The maximum absolute atomic E-state index is 12.1. The monoisotopic (exact) mass is 395 g/mol. The lowest BCUT2D eigenvalue weighted by atomic mass is 10.1. The highest BCUT2D eigenvalue weighted by atomic mass is 16.6. The Balaban J connectivity index is 1.76. The molecule has 0 radical (unpaired) electrons. The van der Waals surface area contributed by atoms with Crippen molar-refractivity contribution in [2.24, 2.45) is 16.3 Å². The van der Waals surface area contributed by atoms with Crippen LogP contribution in [0.4, 0.5) is 10.5 Å². The molecule has 152 valence electrons. The largest absolute Gasteiger partial charge is 0.489 e. The molecule has 2 aromatic rings. The average molecular weight is 395 g/mol. The van der Waals surface area contributed by atoms with Gasteiger partial charge in [0.05, 0.1) is 5.71 Å². The third-order valence-electron chi connectivity index (χ3n) is 4.76. The molecule has 8 heteroatoms. The quantitative estimate of drug-likeness (QED) is 0.383. The van der Waals surface area contributed by atoms with Gasteiger partial charge >= 0.3 is 6.03 Å². The topological polar surface area (TPSA) is 99.4 Å². The summed E-state index contributed by atoms with van der Waals surface area (Å²) in [4.78, 5) is 17.1. The highest BCUT2D eigenvalue weighted by Gasteiger charge is 2.29. The molecule has 0 heterocycles. The summed E-state index contributed by atoms with van der Waals surface area (Å²) in [7, 11) is 2.97. The highest BCUT2D eigenvalue weighted by Crippen LogP contribution is 2.34. The summed E-state index contributed by atoms with van der Waals surface area (Å²) in [6.45, 7) is 2.24. The van der Waals surface area contributed by atoms with Crippen molar-refractivity contribution in [1.29, 1.82) is 5.53 Å². The van der Waals surface area contributed by atoms with Gasteiger partial charge in [0.1, 0.15) is 19.5 Å². The zero-order chi connectivity index (χ0) is 20.8. The molecule has 1 aliphatic rings. The molecule has 2 amide bonds. The number of anilines is 1. The molecule has 0 aromatic heterocycles. The summed E-state index contributed by atoms with van der Waals surface area (Å²) in [5, 5.41) is 11.0. The van der Waals surface area contributed by atoms with Crippen molar-refractivity contribution in [3.8, 4) is 5.75 Å². The van der Waals surface area contributed by atoms with Gasteiger partial charge in [0.2, 0.25) is 0 Å². The van der Waals surface area contributed by atoms with Crippen molar-refractivity contribution in [3.63, 3.8) is 0 Å². The van der Waals surface area contributed by atoms with Crippen molar-refractivity contribution < 1.29 is 14.4 Å². The fraction of sp³-hybridized carbons (Fsp3) is 0.333.